The Hall–Kier alpha value is -1.13. The Morgan fingerprint density at radius 3 is 2.73 bits per heavy atom. The van der Waals surface area contributed by atoms with Gasteiger partial charge in [-0.15, -0.1) is 11.3 Å². The molecule has 0 amide bonds. The van der Waals surface area contributed by atoms with E-state index < -0.39 is 0 Å². The van der Waals surface area contributed by atoms with E-state index in [1.807, 2.05) is 18.4 Å². The lowest BCUT2D eigenvalue weighted by Crippen LogP contribution is -2.14. The molecule has 2 heterocycles. The molecule has 0 radical (unpaired) electrons. The summed E-state index contributed by atoms with van der Waals surface area (Å²) in [5, 5.41) is 9.07. The van der Waals surface area contributed by atoms with Crippen LogP contribution in [-0.4, -0.2) is 10.2 Å². The third kappa shape index (κ3) is 1.70. The first-order valence-corrected chi connectivity index (χ1v) is 5.66. The molecule has 0 bridgehead atoms. The van der Waals surface area contributed by atoms with Gasteiger partial charge >= 0.3 is 0 Å². The number of aromatic nitrogens is 2. The van der Waals surface area contributed by atoms with Gasteiger partial charge < -0.3 is 0 Å². The van der Waals surface area contributed by atoms with Crippen molar-refractivity contribution < 1.29 is 0 Å². The fourth-order valence-corrected chi connectivity index (χ4v) is 2.50. The van der Waals surface area contributed by atoms with Crippen molar-refractivity contribution in [2.45, 2.75) is 13.8 Å². The van der Waals surface area contributed by atoms with Gasteiger partial charge in [-0.25, -0.2) is 5.10 Å². The van der Waals surface area contributed by atoms with Crippen LogP contribution in [0.25, 0.3) is 10.6 Å². The van der Waals surface area contributed by atoms with Gasteiger partial charge in [-0.2, -0.15) is 5.10 Å². The van der Waals surface area contributed by atoms with Crippen molar-refractivity contribution in [1.29, 1.82) is 0 Å². The highest BCUT2D eigenvalue weighted by atomic mass is 35.5. The van der Waals surface area contributed by atoms with Crippen LogP contribution in [0.1, 0.15) is 11.1 Å². The Morgan fingerprint density at radius 2 is 2.13 bits per heavy atom. The van der Waals surface area contributed by atoms with Gasteiger partial charge in [-0.3, -0.25) is 4.79 Å². The third-order valence-corrected chi connectivity index (χ3v) is 3.71. The van der Waals surface area contributed by atoms with Gasteiger partial charge in [0.25, 0.3) is 5.56 Å². The minimum absolute atomic E-state index is 0.149. The number of rotatable bonds is 1. The lowest BCUT2D eigenvalue weighted by atomic mass is 10.1. The summed E-state index contributed by atoms with van der Waals surface area (Å²) >= 11 is 7.53. The minimum atomic E-state index is -0.149. The second-order valence-electron chi connectivity index (χ2n) is 3.25. The van der Waals surface area contributed by atoms with Gasteiger partial charge in [0.1, 0.15) is 5.69 Å². The molecule has 0 aliphatic rings. The molecule has 2 aromatic heterocycles. The van der Waals surface area contributed by atoms with Gasteiger partial charge in [-0.05, 0) is 30.9 Å². The second-order valence-corrected chi connectivity index (χ2v) is 4.57. The monoisotopic (exact) mass is 240 g/mol. The molecular formula is C10H9ClN2OS. The Bertz CT molecular complexity index is 559. The first-order valence-electron chi connectivity index (χ1n) is 4.40. The Kier molecular flexibility index (Phi) is 2.63. The molecule has 0 aliphatic carbocycles. The molecule has 15 heavy (non-hydrogen) atoms. The van der Waals surface area contributed by atoms with Crippen LogP contribution in [-0.2, 0) is 0 Å². The molecule has 0 aromatic carbocycles. The fraction of sp³-hybridized carbons (Fsp3) is 0.200. The van der Waals surface area contributed by atoms with Crippen molar-refractivity contribution in [3.05, 3.63) is 37.9 Å². The van der Waals surface area contributed by atoms with Crippen LogP contribution in [0.4, 0.5) is 0 Å². The first-order chi connectivity index (χ1) is 7.11. The van der Waals surface area contributed by atoms with Crippen molar-refractivity contribution in [2.24, 2.45) is 0 Å². The molecular weight excluding hydrogens is 232 g/mol. The molecule has 5 heteroatoms. The van der Waals surface area contributed by atoms with E-state index in [1.54, 1.807) is 6.92 Å². The zero-order valence-corrected chi connectivity index (χ0v) is 9.87. The summed E-state index contributed by atoms with van der Waals surface area (Å²) in [7, 11) is 0. The summed E-state index contributed by atoms with van der Waals surface area (Å²) in [6, 6.07) is 1.82. The average molecular weight is 241 g/mol. The van der Waals surface area contributed by atoms with Gasteiger partial charge in [0, 0.05) is 5.56 Å². The lowest BCUT2D eigenvalue weighted by Gasteiger charge is -2.04. The quantitative estimate of drug-likeness (QED) is 0.833. The molecule has 2 rings (SSSR count). The molecule has 0 atom stereocenters. The summed E-state index contributed by atoms with van der Waals surface area (Å²) in [5.74, 6) is 0. The first kappa shape index (κ1) is 10.4. The fourth-order valence-electron chi connectivity index (χ4n) is 1.31. The maximum atomic E-state index is 11.3. The number of nitrogens with one attached hydrogen (secondary N) is 1. The summed E-state index contributed by atoms with van der Waals surface area (Å²) in [4.78, 5) is 12.2. The summed E-state index contributed by atoms with van der Waals surface area (Å²) in [6.45, 7) is 3.66. The number of hydrogen-bond donors (Lipinski definition) is 1. The highest BCUT2D eigenvalue weighted by Crippen LogP contribution is 2.33. The maximum Gasteiger partial charge on any atom is 0.267 e. The zero-order chi connectivity index (χ0) is 11.0. The molecule has 3 nitrogen and oxygen atoms in total. The molecule has 1 N–H and O–H groups in total. The molecule has 0 aliphatic heterocycles. The number of nitrogens with zero attached hydrogens (tertiary/aromatic N) is 1. The Morgan fingerprint density at radius 1 is 1.40 bits per heavy atom. The highest BCUT2D eigenvalue weighted by molar-refractivity contribution is 7.14. The summed E-state index contributed by atoms with van der Waals surface area (Å²) in [5.41, 5.74) is 2.17. The predicted molar refractivity (Wildman–Crippen MR) is 62.7 cm³/mol. The van der Waals surface area contributed by atoms with Crippen molar-refractivity contribution in [1.82, 2.24) is 10.2 Å². The predicted octanol–water partition coefficient (Wildman–Crippen LogP) is 2.77. The standard InChI is InChI=1S/C10H9ClN2OS/c1-5-6(2)10(14)13-12-8(5)9-7(11)3-4-15-9/h3-4H,1-2H3,(H,13,14). The zero-order valence-electron chi connectivity index (χ0n) is 8.30. The van der Waals surface area contributed by atoms with E-state index in [1.165, 1.54) is 11.3 Å². The van der Waals surface area contributed by atoms with Crippen molar-refractivity contribution in [3.8, 4) is 10.6 Å². The maximum absolute atomic E-state index is 11.3. The molecule has 0 fully saturated rings. The van der Waals surface area contributed by atoms with Crippen molar-refractivity contribution in [3.63, 3.8) is 0 Å². The normalized spacial score (nSPS) is 10.6. The molecule has 2 aromatic rings. The summed E-state index contributed by atoms with van der Waals surface area (Å²) < 4.78 is 0. The van der Waals surface area contributed by atoms with E-state index in [-0.39, 0.29) is 5.56 Å². The van der Waals surface area contributed by atoms with Crippen LogP contribution in [0.15, 0.2) is 16.2 Å². The van der Waals surface area contributed by atoms with E-state index >= 15 is 0 Å². The van der Waals surface area contributed by atoms with E-state index in [2.05, 4.69) is 10.2 Å². The third-order valence-electron chi connectivity index (χ3n) is 2.36. The minimum Gasteiger partial charge on any atom is -0.268 e. The molecule has 0 saturated carbocycles. The van der Waals surface area contributed by atoms with Gasteiger partial charge in [0.05, 0.1) is 9.90 Å². The SMILES string of the molecule is Cc1c(-c2sccc2Cl)n[nH]c(=O)c1C. The van der Waals surface area contributed by atoms with E-state index in [9.17, 15) is 4.79 Å². The lowest BCUT2D eigenvalue weighted by molar-refractivity contribution is 0.961. The average Bonchev–Trinajstić information content (AvgIpc) is 2.62. The number of aromatic amines is 1. The topological polar surface area (TPSA) is 45.8 Å². The second kappa shape index (κ2) is 3.79. The molecule has 0 saturated heterocycles. The highest BCUT2D eigenvalue weighted by Gasteiger charge is 2.12. The Balaban J connectivity index is 2.70. The summed E-state index contributed by atoms with van der Waals surface area (Å²) in [6.07, 6.45) is 0. The van der Waals surface area contributed by atoms with Gasteiger partial charge in [0.2, 0.25) is 0 Å². The van der Waals surface area contributed by atoms with Crippen molar-refractivity contribution in [2.75, 3.05) is 0 Å². The van der Waals surface area contributed by atoms with Crippen LogP contribution in [0.3, 0.4) is 0 Å². The smallest absolute Gasteiger partial charge is 0.267 e. The van der Waals surface area contributed by atoms with Crippen LogP contribution in [0, 0.1) is 13.8 Å². The van der Waals surface area contributed by atoms with Crippen LogP contribution >= 0.6 is 22.9 Å². The number of hydrogen-bond acceptors (Lipinski definition) is 3. The van der Waals surface area contributed by atoms with E-state index in [0.29, 0.717) is 10.6 Å². The van der Waals surface area contributed by atoms with Crippen molar-refractivity contribution >= 4 is 22.9 Å². The van der Waals surface area contributed by atoms with Crippen LogP contribution in [0.5, 0.6) is 0 Å². The number of thiophene rings is 1. The number of halogens is 1. The number of H-pyrrole nitrogens is 1. The van der Waals surface area contributed by atoms with Crippen LogP contribution in [0.2, 0.25) is 5.02 Å². The van der Waals surface area contributed by atoms with Gasteiger partial charge in [0.15, 0.2) is 0 Å². The molecule has 0 spiro atoms. The van der Waals surface area contributed by atoms with E-state index in [4.69, 9.17) is 11.6 Å². The van der Waals surface area contributed by atoms with E-state index in [0.717, 1.165) is 16.1 Å². The largest absolute Gasteiger partial charge is 0.268 e. The molecule has 0 unspecified atom stereocenters. The molecule has 78 valence electrons. The Labute approximate surface area is 95.7 Å². The van der Waals surface area contributed by atoms with Gasteiger partial charge in [-0.1, -0.05) is 11.6 Å². The van der Waals surface area contributed by atoms with Crippen LogP contribution < -0.4 is 5.56 Å².